The maximum atomic E-state index is 12.9. The zero-order valence-electron chi connectivity index (χ0n) is 17.0. The van der Waals surface area contributed by atoms with E-state index in [0.29, 0.717) is 17.0 Å². The number of rotatable bonds is 6. The summed E-state index contributed by atoms with van der Waals surface area (Å²) in [6, 6.07) is 14.4. The van der Waals surface area contributed by atoms with E-state index in [1.54, 1.807) is 19.1 Å². The Morgan fingerprint density at radius 1 is 0.938 bits per heavy atom. The number of amides is 1. The van der Waals surface area contributed by atoms with Gasteiger partial charge >= 0.3 is 6.18 Å². The molecule has 0 bridgehead atoms. The molecule has 0 aliphatic rings. The summed E-state index contributed by atoms with van der Waals surface area (Å²) < 4.78 is 71.9. The highest BCUT2D eigenvalue weighted by atomic mass is 32.2. The molecule has 10 heteroatoms. The van der Waals surface area contributed by atoms with Crippen molar-refractivity contribution in [3.05, 3.63) is 83.4 Å². The average Bonchev–Trinajstić information content (AvgIpc) is 2.74. The molecule has 32 heavy (non-hydrogen) atoms. The minimum atomic E-state index is -4.59. The third-order valence-corrected chi connectivity index (χ3v) is 6.05. The number of alkyl halides is 3. The molecule has 2 N–H and O–H groups in total. The average molecular weight is 464 g/mol. The Morgan fingerprint density at radius 3 is 2.22 bits per heavy atom. The van der Waals surface area contributed by atoms with Gasteiger partial charge in [0, 0.05) is 16.9 Å². The molecular weight excluding hydrogens is 445 g/mol. The number of sulfonamides is 1. The highest BCUT2D eigenvalue weighted by Gasteiger charge is 2.31. The molecule has 0 atom stereocenters. The summed E-state index contributed by atoms with van der Waals surface area (Å²) in [5.74, 6) is -0.241. The standard InChI is InChI=1S/C22H19F3N2O4S/c1-14-6-7-18(26-21(28)15-4-3-5-16(12-15)22(23,24)25)13-20(14)32(29,30)27-17-8-10-19(31-2)11-9-17/h3-13,27H,1-2H3,(H,26,28). The van der Waals surface area contributed by atoms with E-state index in [2.05, 4.69) is 10.0 Å². The fourth-order valence-corrected chi connectivity index (χ4v) is 4.21. The lowest BCUT2D eigenvalue weighted by Crippen LogP contribution is -2.16. The molecule has 6 nitrogen and oxygen atoms in total. The first-order chi connectivity index (χ1) is 15.0. The fourth-order valence-electron chi connectivity index (χ4n) is 2.88. The number of ether oxygens (including phenoxy) is 1. The number of methoxy groups -OCH3 is 1. The molecule has 0 saturated carbocycles. The quantitative estimate of drug-likeness (QED) is 0.533. The summed E-state index contributed by atoms with van der Waals surface area (Å²) in [5.41, 5.74) is -0.318. The van der Waals surface area contributed by atoms with E-state index in [9.17, 15) is 26.4 Å². The van der Waals surface area contributed by atoms with E-state index < -0.39 is 27.7 Å². The van der Waals surface area contributed by atoms with Gasteiger partial charge in [0.2, 0.25) is 0 Å². The topological polar surface area (TPSA) is 84.5 Å². The number of aryl methyl sites for hydroxylation is 1. The predicted octanol–water partition coefficient (Wildman–Crippen LogP) is 5.08. The van der Waals surface area contributed by atoms with E-state index >= 15 is 0 Å². The summed E-state index contributed by atoms with van der Waals surface area (Å²) in [4.78, 5) is 12.3. The Morgan fingerprint density at radius 2 is 1.59 bits per heavy atom. The molecule has 1 amide bonds. The molecule has 0 aliphatic heterocycles. The lowest BCUT2D eigenvalue weighted by molar-refractivity contribution is -0.137. The first-order valence-corrected chi connectivity index (χ1v) is 10.7. The number of carbonyl (C=O) groups is 1. The van der Waals surface area contributed by atoms with Gasteiger partial charge in [0.25, 0.3) is 15.9 Å². The molecule has 0 saturated heterocycles. The molecule has 3 aromatic rings. The third-order valence-electron chi connectivity index (χ3n) is 4.53. The minimum Gasteiger partial charge on any atom is -0.497 e. The fraction of sp³-hybridized carbons (Fsp3) is 0.136. The molecule has 0 unspecified atom stereocenters. The summed E-state index contributed by atoms with van der Waals surface area (Å²) in [6.45, 7) is 1.58. The summed E-state index contributed by atoms with van der Waals surface area (Å²) >= 11 is 0. The van der Waals surface area contributed by atoms with Gasteiger partial charge in [-0.1, -0.05) is 12.1 Å². The van der Waals surface area contributed by atoms with Gasteiger partial charge in [-0.15, -0.1) is 0 Å². The van der Waals surface area contributed by atoms with Crippen LogP contribution in [0.1, 0.15) is 21.5 Å². The lowest BCUT2D eigenvalue weighted by Gasteiger charge is -2.13. The molecule has 0 aliphatic carbocycles. The molecule has 0 radical (unpaired) electrons. The van der Waals surface area contributed by atoms with Crippen molar-refractivity contribution in [2.45, 2.75) is 18.0 Å². The van der Waals surface area contributed by atoms with Crippen LogP contribution in [-0.2, 0) is 16.2 Å². The van der Waals surface area contributed by atoms with Gasteiger partial charge in [0.1, 0.15) is 5.75 Å². The normalized spacial score (nSPS) is 11.7. The van der Waals surface area contributed by atoms with E-state index in [4.69, 9.17) is 4.74 Å². The number of nitrogens with one attached hydrogen (secondary N) is 2. The van der Waals surface area contributed by atoms with Gasteiger partial charge in [-0.2, -0.15) is 13.2 Å². The second-order valence-electron chi connectivity index (χ2n) is 6.85. The molecule has 0 heterocycles. The Bertz CT molecular complexity index is 1240. The maximum absolute atomic E-state index is 12.9. The zero-order chi connectivity index (χ0) is 23.5. The summed E-state index contributed by atoms with van der Waals surface area (Å²) in [7, 11) is -2.52. The van der Waals surface area contributed by atoms with Crippen LogP contribution in [-0.4, -0.2) is 21.4 Å². The summed E-state index contributed by atoms with van der Waals surface area (Å²) in [6.07, 6.45) is -4.59. The van der Waals surface area contributed by atoms with Crippen molar-refractivity contribution < 1.29 is 31.1 Å². The smallest absolute Gasteiger partial charge is 0.416 e. The molecule has 0 aromatic heterocycles. The number of benzene rings is 3. The van der Waals surface area contributed by atoms with E-state index in [1.165, 1.54) is 43.5 Å². The predicted molar refractivity (Wildman–Crippen MR) is 114 cm³/mol. The Kier molecular flexibility index (Phi) is 6.45. The van der Waals surface area contributed by atoms with Crippen molar-refractivity contribution in [2.75, 3.05) is 17.1 Å². The second-order valence-corrected chi connectivity index (χ2v) is 8.50. The van der Waals surface area contributed by atoms with Gasteiger partial charge in [0.15, 0.2) is 0 Å². The molecule has 0 fully saturated rings. The lowest BCUT2D eigenvalue weighted by atomic mass is 10.1. The number of hydrogen-bond acceptors (Lipinski definition) is 4. The Hall–Kier alpha value is -3.53. The van der Waals surface area contributed by atoms with Crippen molar-refractivity contribution in [3.63, 3.8) is 0 Å². The SMILES string of the molecule is COc1ccc(NS(=O)(=O)c2cc(NC(=O)c3cccc(C(F)(F)F)c3)ccc2C)cc1. The van der Waals surface area contributed by atoms with E-state index in [0.717, 1.165) is 18.2 Å². The van der Waals surface area contributed by atoms with Crippen molar-refractivity contribution in [1.29, 1.82) is 0 Å². The van der Waals surface area contributed by atoms with Crippen LogP contribution in [0.25, 0.3) is 0 Å². The third kappa shape index (κ3) is 5.38. The first-order valence-electron chi connectivity index (χ1n) is 9.26. The van der Waals surface area contributed by atoms with Crippen LogP contribution >= 0.6 is 0 Å². The Balaban J connectivity index is 1.84. The largest absolute Gasteiger partial charge is 0.497 e. The molecular formula is C22H19F3N2O4S. The van der Waals surface area contributed by atoms with Crippen molar-refractivity contribution in [2.24, 2.45) is 0 Å². The number of hydrogen-bond donors (Lipinski definition) is 2. The van der Waals surface area contributed by atoms with E-state index in [-0.39, 0.29) is 16.1 Å². The molecule has 0 spiro atoms. The van der Waals surface area contributed by atoms with Crippen LogP contribution in [0.3, 0.4) is 0 Å². The van der Waals surface area contributed by atoms with Crippen LogP contribution < -0.4 is 14.8 Å². The van der Waals surface area contributed by atoms with Crippen LogP contribution in [0.4, 0.5) is 24.5 Å². The molecule has 3 aromatic carbocycles. The van der Waals surface area contributed by atoms with Crippen molar-refractivity contribution in [3.8, 4) is 5.75 Å². The number of anilines is 2. The molecule has 168 valence electrons. The monoisotopic (exact) mass is 464 g/mol. The molecule has 3 rings (SSSR count). The minimum absolute atomic E-state index is 0.0878. The Labute approximate surface area is 183 Å². The maximum Gasteiger partial charge on any atom is 0.416 e. The van der Waals surface area contributed by atoms with Crippen LogP contribution in [0.2, 0.25) is 0 Å². The highest BCUT2D eigenvalue weighted by Crippen LogP contribution is 2.30. The second kappa shape index (κ2) is 8.91. The van der Waals surface area contributed by atoms with Gasteiger partial charge in [-0.3, -0.25) is 9.52 Å². The number of halogens is 3. The van der Waals surface area contributed by atoms with Crippen molar-refractivity contribution >= 4 is 27.3 Å². The van der Waals surface area contributed by atoms with Crippen LogP contribution in [0, 0.1) is 6.92 Å². The van der Waals surface area contributed by atoms with Gasteiger partial charge in [-0.05, 0) is 67.1 Å². The number of carbonyl (C=O) groups excluding carboxylic acids is 1. The van der Waals surface area contributed by atoms with E-state index in [1.807, 2.05) is 0 Å². The highest BCUT2D eigenvalue weighted by molar-refractivity contribution is 7.92. The zero-order valence-corrected chi connectivity index (χ0v) is 17.8. The van der Waals surface area contributed by atoms with Gasteiger partial charge in [-0.25, -0.2) is 8.42 Å². The van der Waals surface area contributed by atoms with Gasteiger partial charge < -0.3 is 10.1 Å². The summed E-state index contributed by atoms with van der Waals surface area (Å²) in [5, 5.41) is 2.44. The van der Waals surface area contributed by atoms with Crippen LogP contribution in [0.5, 0.6) is 5.75 Å². The first kappa shape index (κ1) is 23.1. The van der Waals surface area contributed by atoms with Crippen molar-refractivity contribution in [1.82, 2.24) is 0 Å². The van der Waals surface area contributed by atoms with Crippen LogP contribution in [0.15, 0.2) is 71.6 Å². The van der Waals surface area contributed by atoms with Gasteiger partial charge in [0.05, 0.1) is 17.6 Å².